The standard InChI is InChI=1S/C19H29N3O3/c1-14(2)18(24)22-10-9-21(11-16-7-6-15(3)25-16)12-19(13-22)8-4-5-17(23)20-19/h6-7,14H,4-5,8-13H2,1-3H3,(H,20,23)/t19-/m0/s1. The third-order valence-electron chi connectivity index (χ3n) is 5.15. The Morgan fingerprint density at radius 2 is 2.12 bits per heavy atom. The summed E-state index contributed by atoms with van der Waals surface area (Å²) in [5.41, 5.74) is -0.349. The first-order valence-electron chi connectivity index (χ1n) is 9.24. The monoisotopic (exact) mass is 347 g/mol. The van der Waals surface area contributed by atoms with Gasteiger partial charge in [0, 0.05) is 38.5 Å². The lowest BCUT2D eigenvalue weighted by Gasteiger charge is -2.41. The molecule has 0 radical (unpaired) electrons. The van der Waals surface area contributed by atoms with Crippen molar-refractivity contribution in [2.75, 3.05) is 26.2 Å². The SMILES string of the molecule is Cc1ccc(CN2CCN(C(=O)C(C)C)C[C@]3(CCCC(=O)N3)C2)o1. The largest absolute Gasteiger partial charge is 0.465 e. The zero-order valence-corrected chi connectivity index (χ0v) is 15.5. The smallest absolute Gasteiger partial charge is 0.225 e. The van der Waals surface area contributed by atoms with E-state index in [0.717, 1.165) is 37.5 Å². The normalized spacial score (nSPS) is 25.3. The molecule has 0 aliphatic carbocycles. The van der Waals surface area contributed by atoms with Crippen molar-refractivity contribution in [3.8, 4) is 0 Å². The predicted molar refractivity (Wildman–Crippen MR) is 94.9 cm³/mol. The molecular formula is C19H29N3O3. The van der Waals surface area contributed by atoms with Crippen molar-refractivity contribution >= 4 is 11.8 Å². The van der Waals surface area contributed by atoms with E-state index in [1.807, 2.05) is 37.8 Å². The molecule has 0 saturated carbocycles. The van der Waals surface area contributed by atoms with E-state index in [2.05, 4.69) is 10.2 Å². The van der Waals surface area contributed by atoms with E-state index in [9.17, 15) is 9.59 Å². The second-order valence-corrected chi connectivity index (χ2v) is 7.82. The van der Waals surface area contributed by atoms with E-state index in [-0.39, 0.29) is 23.3 Å². The minimum Gasteiger partial charge on any atom is -0.465 e. The maximum Gasteiger partial charge on any atom is 0.225 e. The first-order valence-corrected chi connectivity index (χ1v) is 9.24. The number of aryl methyl sites for hydroxylation is 1. The average molecular weight is 347 g/mol. The Kier molecular flexibility index (Phi) is 5.18. The number of carbonyl (C=O) groups is 2. The summed E-state index contributed by atoms with van der Waals surface area (Å²) in [6.45, 7) is 9.34. The highest BCUT2D eigenvalue weighted by Gasteiger charge is 2.41. The molecule has 2 fully saturated rings. The van der Waals surface area contributed by atoms with Crippen LogP contribution in [-0.4, -0.2) is 53.3 Å². The van der Waals surface area contributed by atoms with Crippen LogP contribution in [0.2, 0.25) is 0 Å². The molecule has 3 heterocycles. The van der Waals surface area contributed by atoms with Gasteiger partial charge in [-0.3, -0.25) is 14.5 Å². The van der Waals surface area contributed by atoms with Gasteiger partial charge in [0.05, 0.1) is 12.1 Å². The summed E-state index contributed by atoms with van der Waals surface area (Å²) in [7, 11) is 0. The van der Waals surface area contributed by atoms with Crippen LogP contribution >= 0.6 is 0 Å². The Morgan fingerprint density at radius 1 is 1.32 bits per heavy atom. The van der Waals surface area contributed by atoms with Crippen LogP contribution in [0.25, 0.3) is 0 Å². The van der Waals surface area contributed by atoms with E-state index in [1.54, 1.807) is 0 Å². The molecule has 2 saturated heterocycles. The molecule has 1 aromatic heterocycles. The topological polar surface area (TPSA) is 65.8 Å². The zero-order chi connectivity index (χ0) is 18.0. The molecule has 2 amide bonds. The molecule has 0 unspecified atom stereocenters. The Balaban J connectivity index is 1.80. The van der Waals surface area contributed by atoms with Gasteiger partial charge in [0.1, 0.15) is 11.5 Å². The fourth-order valence-corrected chi connectivity index (χ4v) is 3.99. The number of amides is 2. The van der Waals surface area contributed by atoms with Crippen molar-refractivity contribution < 1.29 is 14.0 Å². The molecule has 1 spiro atoms. The summed E-state index contributed by atoms with van der Waals surface area (Å²) < 4.78 is 5.73. The van der Waals surface area contributed by atoms with E-state index < -0.39 is 0 Å². The Morgan fingerprint density at radius 3 is 2.76 bits per heavy atom. The molecule has 1 aromatic rings. The molecule has 2 aliphatic rings. The zero-order valence-electron chi connectivity index (χ0n) is 15.5. The number of nitrogens with zero attached hydrogens (tertiary/aromatic N) is 2. The molecule has 25 heavy (non-hydrogen) atoms. The lowest BCUT2D eigenvalue weighted by molar-refractivity contribution is -0.136. The Hall–Kier alpha value is -1.82. The van der Waals surface area contributed by atoms with Crippen LogP contribution < -0.4 is 5.32 Å². The molecule has 1 N–H and O–H groups in total. The molecule has 1 atom stereocenters. The van der Waals surface area contributed by atoms with Gasteiger partial charge in [0.25, 0.3) is 0 Å². The van der Waals surface area contributed by atoms with Crippen LogP contribution in [0, 0.1) is 12.8 Å². The van der Waals surface area contributed by atoms with Crippen molar-refractivity contribution in [1.82, 2.24) is 15.1 Å². The minimum atomic E-state index is -0.349. The average Bonchev–Trinajstić information content (AvgIpc) is 2.87. The van der Waals surface area contributed by atoms with Gasteiger partial charge in [-0.1, -0.05) is 13.8 Å². The van der Waals surface area contributed by atoms with Gasteiger partial charge >= 0.3 is 0 Å². The maximum absolute atomic E-state index is 12.6. The van der Waals surface area contributed by atoms with Crippen molar-refractivity contribution in [2.24, 2.45) is 5.92 Å². The van der Waals surface area contributed by atoms with E-state index in [0.29, 0.717) is 26.1 Å². The highest BCUT2D eigenvalue weighted by atomic mass is 16.3. The van der Waals surface area contributed by atoms with E-state index in [4.69, 9.17) is 4.42 Å². The van der Waals surface area contributed by atoms with Crippen LogP contribution in [0.15, 0.2) is 16.5 Å². The highest BCUT2D eigenvalue weighted by Crippen LogP contribution is 2.26. The van der Waals surface area contributed by atoms with Crippen molar-refractivity contribution in [2.45, 2.75) is 52.1 Å². The highest BCUT2D eigenvalue weighted by molar-refractivity contribution is 5.79. The van der Waals surface area contributed by atoms with E-state index >= 15 is 0 Å². The van der Waals surface area contributed by atoms with Gasteiger partial charge < -0.3 is 14.6 Å². The Bertz CT molecular complexity index is 640. The van der Waals surface area contributed by atoms with Gasteiger partial charge in [-0.25, -0.2) is 0 Å². The first-order chi connectivity index (χ1) is 11.9. The summed E-state index contributed by atoms with van der Waals surface area (Å²) in [6.07, 6.45) is 2.37. The second-order valence-electron chi connectivity index (χ2n) is 7.82. The minimum absolute atomic E-state index is 0.0318. The van der Waals surface area contributed by atoms with Crippen LogP contribution in [0.1, 0.15) is 44.6 Å². The molecule has 0 bridgehead atoms. The molecule has 2 aliphatic heterocycles. The summed E-state index contributed by atoms with van der Waals surface area (Å²) >= 11 is 0. The van der Waals surface area contributed by atoms with Crippen LogP contribution in [0.5, 0.6) is 0 Å². The van der Waals surface area contributed by atoms with Gasteiger partial charge in [0.2, 0.25) is 11.8 Å². The van der Waals surface area contributed by atoms with Crippen molar-refractivity contribution in [1.29, 1.82) is 0 Å². The van der Waals surface area contributed by atoms with Gasteiger partial charge in [-0.05, 0) is 31.9 Å². The quantitative estimate of drug-likeness (QED) is 0.907. The predicted octanol–water partition coefficient (Wildman–Crippen LogP) is 1.93. The second kappa shape index (κ2) is 7.20. The lowest BCUT2D eigenvalue weighted by Crippen LogP contribution is -2.61. The number of furan rings is 1. The van der Waals surface area contributed by atoms with Crippen LogP contribution in [-0.2, 0) is 16.1 Å². The molecule has 6 heteroatoms. The van der Waals surface area contributed by atoms with Gasteiger partial charge in [0.15, 0.2) is 0 Å². The third kappa shape index (κ3) is 4.24. The van der Waals surface area contributed by atoms with Crippen LogP contribution in [0.3, 0.4) is 0 Å². The molecule has 3 rings (SSSR count). The fraction of sp³-hybridized carbons (Fsp3) is 0.684. The lowest BCUT2D eigenvalue weighted by atomic mass is 9.87. The van der Waals surface area contributed by atoms with E-state index in [1.165, 1.54) is 0 Å². The summed E-state index contributed by atoms with van der Waals surface area (Å²) in [4.78, 5) is 28.9. The third-order valence-corrected chi connectivity index (χ3v) is 5.15. The van der Waals surface area contributed by atoms with Crippen molar-refractivity contribution in [3.05, 3.63) is 23.7 Å². The molecule has 138 valence electrons. The van der Waals surface area contributed by atoms with Crippen LogP contribution in [0.4, 0.5) is 0 Å². The number of hydrogen-bond donors (Lipinski definition) is 1. The maximum atomic E-state index is 12.6. The number of carbonyl (C=O) groups excluding carboxylic acids is 2. The van der Waals surface area contributed by atoms with Gasteiger partial charge in [-0.15, -0.1) is 0 Å². The summed E-state index contributed by atoms with van der Waals surface area (Å²) in [5, 5.41) is 3.21. The fourth-order valence-electron chi connectivity index (χ4n) is 3.99. The Labute approximate surface area is 149 Å². The number of rotatable bonds is 3. The van der Waals surface area contributed by atoms with Crippen molar-refractivity contribution in [3.63, 3.8) is 0 Å². The number of hydrogen-bond acceptors (Lipinski definition) is 4. The van der Waals surface area contributed by atoms with Gasteiger partial charge in [-0.2, -0.15) is 0 Å². The number of nitrogens with one attached hydrogen (secondary N) is 1. The summed E-state index contributed by atoms with van der Waals surface area (Å²) in [6, 6.07) is 3.98. The molecular weight excluding hydrogens is 318 g/mol. The summed E-state index contributed by atoms with van der Waals surface area (Å²) in [5.74, 6) is 2.06. The number of piperidine rings is 1. The molecule has 6 nitrogen and oxygen atoms in total. The first kappa shape index (κ1) is 18.0. The molecule has 0 aromatic carbocycles.